The van der Waals surface area contributed by atoms with Gasteiger partial charge in [0, 0.05) is 41.7 Å². The van der Waals surface area contributed by atoms with Gasteiger partial charge in [-0.15, -0.1) is 0 Å². The summed E-state index contributed by atoms with van der Waals surface area (Å²) >= 11 is 0. The van der Waals surface area contributed by atoms with Crippen molar-refractivity contribution in [3.8, 4) is 5.75 Å². The highest BCUT2D eigenvalue weighted by Crippen LogP contribution is 2.22. The van der Waals surface area contributed by atoms with E-state index in [-0.39, 0.29) is 0 Å². The number of nitrogens with zero attached hydrogens (tertiary/aromatic N) is 3. The van der Waals surface area contributed by atoms with Crippen molar-refractivity contribution in [3.63, 3.8) is 0 Å². The minimum Gasteiger partial charge on any atom is -0.495 e. The number of fused-ring (bicyclic) bond motifs is 1. The van der Waals surface area contributed by atoms with E-state index in [1.165, 1.54) is 0 Å². The lowest BCUT2D eigenvalue weighted by Crippen LogP contribution is -2.01. The van der Waals surface area contributed by atoms with Crippen molar-refractivity contribution in [3.05, 3.63) is 82.9 Å². The van der Waals surface area contributed by atoms with Crippen LogP contribution < -0.4 is 4.74 Å². The summed E-state index contributed by atoms with van der Waals surface area (Å²) < 4.78 is 19.8. The van der Waals surface area contributed by atoms with Crippen LogP contribution in [0, 0.1) is 12.9 Å². The Morgan fingerprint density at radius 1 is 1.07 bits per heavy atom. The first-order valence-electron chi connectivity index (χ1n) is 9.17. The van der Waals surface area contributed by atoms with Gasteiger partial charge in [0.05, 0.1) is 13.3 Å². The molecule has 6 heteroatoms. The minimum atomic E-state index is -0.420. The van der Waals surface area contributed by atoms with E-state index in [0.717, 1.165) is 45.6 Å². The zero-order valence-electron chi connectivity index (χ0n) is 15.9. The maximum Gasteiger partial charge on any atom is 0.216 e. The van der Waals surface area contributed by atoms with Gasteiger partial charge in [0.2, 0.25) is 5.95 Å². The Balaban J connectivity index is 1.48. The largest absolute Gasteiger partial charge is 0.495 e. The molecule has 5 nitrogen and oxygen atoms in total. The molecule has 0 radical (unpaired) electrons. The zero-order valence-corrected chi connectivity index (χ0v) is 15.9. The Morgan fingerprint density at radius 2 is 1.96 bits per heavy atom. The Hall–Kier alpha value is -3.28. The van der Waals surface area contributed by atoms with Crippen LogP contribution in [0.2, 0.25) is 0 Å². The van der Waals surface area contributed by atoms with Crippen molar-refractivity contribution >= 4 is 11.0 Å². The first-order chi connectivity index (χ1) is 13.6. The Bertz CT molecular complexity index is 1120. The molecule has 142 valence electrons. The summed E-state index contributed by atoms with van der Waals surface area (Å²) in [7, 11) is 1.61. The second-order valence-corrected chi connectivity index (χ2v) is 6.89. The van der Waals surface area contributed by atoms with Gasteiger partial charge in [-0.1, -0.05) is 6.07 Å². The maximum atomic E-state index is 14.6. The van der Waals surface area contributed by atoms with E-state index >= 15 is 0 Å². The van der Waals surface area contributed by atoms with Crippen LogP contribution in [0.5, 0.6) is 5.75 Å². The molecule has 4 aromatic heterocycles. The summed E-state index contributed by atoms with van der Waals surface area (Å²) in [6.07, 6.45) is 9.01. The van der Waals surface area contributed by atoms with Gasteiger partial charge in [0.1, 0.15) is 11.4 Å². The highest BCUT2D eigenvalue weighted by atomic mass is 19.1. The van der Waals surface area contributed by atoms with Gasteiger partial charge in [-0.05, 0) is 54.7 Å². The normalized spacial score (nSPS) is 11.1. The smallest absolute Gasteiger partial charge is 0.216 e. The van der Waals surface area contributed by atoms with Crippen molar-refractivity contribution in [1.29, 1.82) is 0 Å². The topological polar surface area (TPSA) is 63.7 Å². The summed E-state index contributed by atoms with van der Waals surface area (Å²) in [6, 6.07) is 7.72. The number of halogens is 1. The summed E-state index contributed by atoms with van der Waals surface area (Å²) in [6.45, 7) is 2.00. The Morgan fingerprint density at radius 3 is 2.79 bits per heavy atom. The fraction of sp³-hybridized carbons (Fsp3) is 0.227. The van der Waals surface area contributed by atoms with Gasteiger partial charge in [-0.3, -0.25) is 4.98 Å². The molecule has 28 heavy (non-hydrogen) atoms. The molecule has 0 unspecified atom stereocenters. The van der Waals surface area contributed by atoms with Crippen LogP contribution in [0.25, 0.3) is 11.0 Å². The molecule has 0 aliphatic heterocycles. The number of aromatic amines is 1. The van der Waals surface area contributed by atoms with E-state index in [2.05, 4.69) is 26.0 Å². The van der Waals surface area contributed by atoms with E-state index in [1.54, 1.807) is 19.5 Å². The van der Waals surface area contributed by atoms with E-state index in [1.807, 2.05) is 37.5 Å². The lowest BCUT2D eigenvalue weighted by atomic mass is 10.0. The van der Waals surface area contributed by atoms with E-state index in [9.17, 15) is 4.39 Å². The Kier molecular flexibility index (Phi) is 5.02. The van der Waals surface area contributed by atoms with Gasteiger partial charge >= 0.3 is 0 Å². The molecule has 4 aromatic rings. The number of nitrogens with one attached hydrogen (secondary N) is 1. The van der Waals surface area contributed by atoms with Crippen molar-refractivity contribution in [1.82, 2.24) is 19.9 Å². The molecule has 0 aromatic carbocycles. The highest BCUT2D eigenvalue weighted by molar-refractivity contribution is 5.80. The van der Waals surface area contributed by atoms with Crippen LogP contribution in [0.4, 0.5) is 4.39 Å². The molecule has 0 aliphatic rings. The molecule has 0 atom stereocenters. The molecule has 4 heterocycles. The first-order valence-corrected chi connectivity index (χ1v) is 9.17. The third-order valence-electron chi connectivity index (χ3n) is 4.79. The van der Waals surface area contributed by atoms with Gasteiger partial charge in [0.15, 0.2) is 0 Å². The number of H-pyrrole nitrogens is 1. The maximum absolute atomic E-state index is 14.6. The number of rotatable bonds is 6. The van der Waals surface area contributed by atoms with Crippen molar-refractivity contribution in [2.75, 3.05) is 7.11 Å². The number of aryl methyl sites for hydroxylation is 3. The average molecular weight is 376 g/mol. The predicted molar refractivity (Wildman–Crippen MR) is 106 cm³/mol. The molecule has 0 amide bonds. The molecule has 0 fully saturated rings. The fourth-order valence-corrected chi connectivity index (χ4v) is 3.27. The van der Waals surface area contributed by atoms with Crippen LogP contribution in [-0.4, -0.2) is 27.0 Å². The number of aromatic nitrogens is 4. The van der Waals surface area contributed by atoms with Crippen LogP contribution in [0.3, 0.4) is 0 Å². The quantitative estimate of drug-likeness (QED) is 0.513. The summed E-state index contributed by atoms with van der Waals surface area (Å²) in [4.78, 5) is 15.8. The molecule has 0 spiro atoms. The van der Waals surface area contributed by atoms with Gasteiger partial charge < -0.3 is 9.72 Å². The highest BCUT2D eigenvalue weighted by Gasteiger charge is 2.11. The standard InChI is InChI=1S/C22H21FN4O/c1-14-7-20-17(12-26-22(20)25-10-14)9-16-4-6-18(27-21(16)23)5-3-15-8-19(28-2)13-24-11-15/h4,6-8,10-13H,3,5,9H2,1-2H3,(H,25,26). The van der Waals surface area contributed by atoms with Gasteiger partial charge in [0.25, 0.3) is 0 Å². The van der Waals surface area contributed by atoms with Crippen LogP contribution in [0.1, 0.15) is 27.9 Å². The molecule has 0 saturated carbocycles. The third kappa shape index (κ3) is 3.86. The van der Waals surface area contributed by atoms with Crippen molar-refractivity contribution < 1.29 is 9.13 Å². The lowest BCUT2D eigenvalue weighted by Gasteiger charge is -2.06. The van der Waals surface area contributed by atoms with E-state index in [0.29, 0.717) is 18.4 Å². The monoisotopic (exact) mass is 376 g/mol. The lowest BCUT2D eigenvalue weighted by molar-refractivity contribution is 0.412. The first kappa shape index (κ1) is 18.1. The second-order valence-electron chi connectivity index (χ2n) is 6.89. The molecule has 0 saturated heterocycles. The van der Waals surface area contributed by atoms with Crippen LogP contribution in [0.15, 0.2) is 49.1 Å². The number of ether oxygens (including phenoxy) is 1. The summed E-state index contributed by atoms with van der Waals surface area (Å²) in [5.74, 6) is 0.298. The number of hydrogen-bond donors (Lipinski definition) is 1. The minimum absolute atomic E-state index is 0.420. The molecule has 0 bridgehead atoms. The fourth-order valence-electron chi connectivity index (χ4n) is 3.27. The zero-order chi connectivity index (χ0) is 19.5. The number of methoxy groups -OCH3 is 1. The summed E-state index contributed by atoms with van der Waals surface area (Å²) in [5, 5.41) is 1.02. The third-order valence-corrected chi connectivity index (χ3v) is 4.79. The van der Waals surface area contributed by atoms with Crippen molar-refractivity contribution in [2.24, 2.45) is 0 Å². The summed E-state index contributed by atoms with van der Waals surface area (Å²) in [5.41, 5.74) is 5.25. The van der Waals surface area contributed by atoms with E-state index < -0.39 is 5.95 Å². The van der Waals surface area contributed by atoms with Gasteiger partial charge in [-0.25, -0.2) is 9.97 Å². The predicted octanol–water partition coefficient (Wildman–Crippen LogP) is 4.19. The second kappa shape index (κ2) is 7.76. The number of hydrogen-bond acceptors (Lipinski definition) is 4. The van der Waals surface area contributed by atoms with Crippen LogP contribution in [-0.2, 0) is 19.3 Å². The molecule has 4 rings (SSSR count). The Labute approximate surface area is 162 Å². The molecule has 1 N–H and O–H groups in total. The molecule has 0 aliphatic carbocycles. The van der Waals surface area contributed by atoms with Crippen molar-refractivity contribution in [2.45, 2.75) is 26.2 Å². The molecular weight excluding hydrogens is 355 g/mol. The van der Waals surface area contributed by atoms with Crippen LogP contribution >= 0.6 is 0 Å². The SMILES string of the molecule is COc1cncc(CCc2ccc(Cc3c[nH]c4ncc(C)cc34)c(F)n2)c1. The van der Waals surface area contributed by atoms with Gasteiger partial charge in [-0.2, -0.15) is 4.39 Å². The van der Waals surface area contributed by atoms with E-state index in [4.69, 9.17) is 4.74 Å². The average Bonchev–Trinajstić information content (AvgIpc) is 3.10. The molecular formula is C22H21FN4O. The number of pyridine rings is 3.